The normalized spacial score (nSPS) is 14.5. The van der Waals surface area contributed by atoms with Crippen molar-refractivity contribution in [2.45, 2.75) is 30.7 Å². The minimum absolute atomic E-state index is 0.0127. The lowest BCUT2D eigenvalue weighted by atomic mass is 10.1. The molecule has 0 saturated heterocycles. The van der Waals surface area contributed by atoms with E-state index in [-0.39, 0.29) is 29.3 Å². The van der Waals surface area contributed by atoms with Crippen molar-refractivity contribution in [1.82, 2.24) is 9.62 Å². The summed E-state index contributed by atoms with van der Waals surface area (Å²) < 4.78 is 26.2. The lowest BCUT2D eigenvalue weighted by molar-refractivity contribution is -0.121. The van der Waals surface area contributed by atoms with E-state index in [9.17, 15) is 18.0 Å². The minimum atomic E-state index is -3.86. The minimum Gasteiger partial charge on any atom is -0.348 e. The van der Waals surface area contributed by atoms with Crippen LogP contribution in [-0.2, 0) is 19.6 Å². The summed E-state index contributed by atoms with van der Waals surface area (Å²) in [6.07, 6.45) is 1.87. The summed E-state index contributed by atoms with van der Waals surface area (Å²) in [4.78, 5) is 24.2. The number of likely N-dealkylation sites (N-methyl/N-ethyl adjacent to an activating group) is 1. The number of rotatable bonds is 8. The zero-order valence-electron chi connectivity index (χ0n) is 17.3. The number of carbonyl (C=O) groups excluding carboxylic acids is 2. The van der Waals surface area contributed by atoms with Crippen molar-refractivity contribution in [3.63, 3.8) is 0 Å². The first-order valence-corrected chi connectivity index (χ1v) is 11.3. The average Bonchev–Trinajstić information content (AvgIpc) is 3.59. The van der Waals surface area contributed by atoms with Crippen molar-refractivity contribution in [1.29, 1.82) is 5.26 Å². The predicted molar refractivity (Wildman–Crippen MR) is 115 cm³/mol. The summed E-state index contributed by atoms with van der Waals surface area (Å²) in [5.41, 5.74) is 1.88. The number of hydrogen-bond acceptors (Lipinski definition) is 5. The smallest absolute Gasteiger partial charge is 0.243 e. The van der Waals surface area contributed by atoms with Crippen LogP contribution in [0.5, 0.6) is 0 Å². The number of nitrogens with one attached hydrogen (secondary N) is 2. The first kappa shape index (κ1) is 22.5. The summed E-state index contributed by atoms with van der Waals surface area (Å²) >= 11 is 0. The number of benzene rings is 2. The third-order valence-electron chi connectivity index (χ3n) is 5.06. The molecular weight excluding hydrogens is 416 g/mol. The maximum absolute atomic E-state index is 12.6. The quantitative estimate of drug-likeness (QED) is 0.653. The molecule has 9 heteroatoms. The molecule has 0 radical (unpaired) electrons. The third kappa shape index (κ3) is 5.69. The predicted octanol–water partition coefficient (Wildman–Crippen LogP) is 2.40. The van der Waals surface area contributed by atoms with Gasteiger partial charge in [-0.05, 0) is 61.7 Å². The van der Waals surface area contributed by atoms with Crippen LogP contribution >= 0.6 is 0 Å². The lowest BCUT2D eigenvalue weighted by Gasteiger charge is -2.19. The van der Waals surface area contributed by atoms with E-state index in [2.05, 4.69) is 10.6 Å². The Labute approximate surface area is 181 Å². The fourth-order valence-corrected chi connectivity index (χ4v) is 4.11. The first-order chi connectivity index (χ1) is 14.7. The number of nitriles is 1. The van der Waals surface area contributed by atoms with E-state index >= 15 is 0 Å². The maximum Gasteiger partial charge on any atom is 0.243 e. The number of amides is 2. The Morgan fingerprint density at radius 2 is 1.74 bits per heavy atom. The molecular formula is C22H24N4O4S. The van der Waals surface area contributed by atoms with E-state index in [0.717, 1.165) is 22.7 Å². The number of nitrogens with zero attached hydrogens (tertiary/aromatic N) is 2. The van der Waals surface area contributed by atoms with Crippen molar-refractivity contribution in [2.75, 3.05) is 18.9 Å². The first-order valence-electron chi connectivity index (χ1n) is 9.87. The standard InChI is InChI=1S/C22H24N4O4S/c1-15(17-7-9-19(10-8-17)25-22(28)18-5-6-18)24-21(27)14-26(2)31(29,30)20-11-3-16(13-23)4-12-20/h3-4,7-12,15,18H,5-6,14H2,1-2H3,(H,24,27)(H,25,28)/t15-/m0/s1. The van der Waals surface area contributed by atoms with Gasteiger partial charge in [-0.3, -0.25) is 9.59 Å². The van der Waals surface area contributed by atoms with Crippen LogP contribution in [0.3, 0.4) is 0 Å². The number of anilines is 1. The van der Waals surface area contributed by atoms with E-state index < -0.39 is 15.9 Å². The molecule has 2 amide bonds. The molecule has 0 unspecified atom stereocenters. The molecule has 1 atom stereocenters. The number of hydrogen-bond donors (Lipinski definition) is 2. The van der Waals surface area contributed by atoms with Crippen LogP contribution in [0.15, 0.2) is 53.4 Å². The molecule has 1 fully saturated rings. The fraction of sp³-hybridized carbons (Fsp3) is 0.318. The summed E-state index contributed by atoms with van der Waals surface area (Å²) in [5.74, 6) is -0.297. The molecule has 0 aliphatic heterocycles. The van der Waals surface area contributed by atoms with E-state index in [0.29, 0.717) is 11.3 Å². The van der Waals surface area contributed by atoms with Gasteiger partial charge in [0.05, 0.1) is 29.1 Å². The van der Waals surface area contributed by atoms with Crippen LogP contribution in [0.2, 0.25) is 0 Å². The molecule has 162 valence electrons. The van der Waals surface area contributed by atoms with Gasteiger partial charge in [-0.2, -0.15) is 9.57 Å². The number of sulfonamides is 1. The Kier molecular flexibility index (Phi) is 6.73. The maximum atomic E-state index is 12.6. The topological polar surface area (TPSA) is 119 Å². The Balaban J connectivity index is 1.56. The zero-order chi connectivity index (χ0) is 22.6. The summed E-state index contributed by atoms with van der Waals surface area (Å²) in [7, 11) is -2.53. The second-order valence-electron chi connectivity index (χ2n) is 7.57. The molecule has 31 heavy (non-hydrogen) atoms. The van der Waals surface area contributed by atoms with Crippen molar-refractivity contribution < 1.29 is 18.0 Å². The lowest BCUT2D eigenvalue weighted by Crippen LogP contribution is -2.39. The largest absolute Gasteiger partial charge is 0.348 e. The highest BCUT2D eigenvalue weighted by Crippen LogP contribution is 2.30. The van der Waals surface area contributed by atoms with Crippen LogP contribution in [0, 0.1) is 17.2 Å². The van der Waals surface area contributed by atoms with Gasteiger partial charge in [0.2, 0.25) is 21.8 Å². The van der Waals surface area contributed by atoms with Crippen LogP contribution < -0.4 is 10.6 Å². The van der Waals surface area contributed by atoms with E-state index in [1.165, 1.54) is 31.3 Å². The molecule has 1 aliphatic carbocycles. The Bertz CT molecular complexity index is 1100. The Hall–Kier alpha value is -3.22. The van der Waals surface area contributed by atoms with Gasteiger partial charge in [0.15, 0.2) is 0 Å². The van der Waals surface area contributed by atoms with E-state index in [1.54, 1.807) is 19.1 Å². The fourth-order valence-electron chi connectivity index (χ4n) is 2.98. The molecule has 1 aliphatic rings. The van der Waals surface area contributed by atoms with Gasteiger partial charge in [-0.25, -0.2) is 8.42 Å². The van der Waals surface area contributed by atoms with Crippen molar-refractivity contribution in [3.05, 3.63) is 59.7 Å². The highest BCUT2D eigenvalue weighted by atomic mass is 32.2. The molecule has 0 heterocycles. The van der Waals surface area contributed by atoms with Crippen LogP contribution in [0.4, 0.5) is 5.69 Å². The SMILES string of the molecule is C[C@H](NC(=O)CN(C)S(=O)(=O)c1ccc(C#N)cc1)c1ccc(NC(=O)C2CC2)cc1. The molecule has 2 aromatic rings. The molecule has 2 aromatic carbocycles. The second-order valence-corrected chi connectivity index (χ2v) is 9.62. The van der Waals surface area contributed by atoms with Crippen molar-refractivity contribution in [3.8, 4) is 6.07 Å². The Morgan fingerprint density at radius 3 is 2.29 bits per heavy atom. The van der Waals surface area contributed by atoms with Crippen molar-refractivity contribution >= 4 is 27.5 Å². The molecule has 2 N–H and O–H groups in total. The molecule has 1 saturated carbocycles. The van der Waals surface area contributed by atoms with Crippen LogP contribution in [0.25, 0.3) is 0 Å². The van der Waals surface area contributed by atoms with Gasteiger partial charge < -0.3 is 10.6 Å². The molecule has 0 aromatic heterocycles. The monoisotopic (exact) mass is 440 g/mol. The highest BCUT2D eigenvalue weighted by Gasteiger charge is 2.29. The van der Waals surface area contributed by atoms with E-state index in [4.69, 9.17) is 5.26 Å². The summed E-state index contributed by atoms with van der Waals surface area (Å²) in [5, 5.41) is 14.5. The molecule has 0 spiro atoms. The van der Waals surface area contributed by atoms with Gasteiger partial charge in [0, 0.05) is 18.7 Å². The van der Waals surface area contributed by atoms with E-state index in [1.807, 2.05) is 18.2 Å². The molecule has 8 nitrogen and oxygen atoms in total. The molecule has 0 bridgehead atoms. The highest BCUT2D eigenvalue weighted by molar-refractivity contribution is 7.89. The van der Waals surface area contributed by atoms with Gasteiger partial charge in [0.1, 0.15) is 0 Å². The van der Waals surface area contributed by atoms with Crippen LogP contribution in [-0.4, -0.2) is 38.1 Å². The molecule has 3 rings (SSSR count). The van der Waals surface area contributed by atoms with Gasteiger partial charge in [0.25, 0.3) is 0 Å². The number of carbonyl (C=O) groups is 2. The van der Waals surface area contributed by atoms with Crippen molar-refractivity contribution in [2.24, 2.45) is 5.92 Å². The summed E-state index contributed by atoms with van der Waals surface area (Å²) in [6.45, 7) is 1.45. The van der Waals surface area contributed by atoms with Gasteiger partial charge >= 0.3 is 0 Å². The van der Waals surface area contributed by atoms with Gasteiger partial charge in [-0.15, -0.1) is 0 Å². The Morgan fingerprint density at radius 1 is 1.13 bits per heavy atom. The van der Waals surface area contributed by atoms with Gasteiger partial charge in [-0.1, -0.05) is 12.1 Å². The van der Waals surface area contributed by atoms with Crippen LogP contribution in [0.1, 0.15) is 36.9 Å². The average molecular weight is 441 g/mol. The summed E-state index contributed by atoms with van der Waals surface area (Å²) in [6, 6.07) is 14.3. The zero-order valence-corrected chi connectivity index (χ0v) is 18.1. The second kappa shape index (κ2) is 9.29. The third-order valence-corrected chi connectivity index (χ3v) is 6.88.